The van der Waals surface area contributed by atoms with Crippen molar-refractivity contribution in [2.45, 2.75) is 90.8 Å². The van der Waals surface area contributed by atoms with Crippen molar-refractivity contribution in [1.29, 1.82) is 0 Å². The van der Waals surface area contributed by atoms with Crippen LogP contribution in [-0.2, 0) is 0 Å². The van der Waals surface area contributed by atoms with Gasteiger partial charge in [-0.2, -0.15) is 0 Å². The minimum atomic E-state index is 0.0913. The molecule has 0 aliphatic carbocycles. The molecule has 0 heterocycles. The van der Waals surface area contributed by atoms with E-state index in [0.717, 1.165) is 5.92 Å². The Morgan fingerprint density at radius 3 is 2.06 bits per heavy atom. The van der Waals surface area contributed by atoms with E-state index in [-0.39, 0.29) is 5.31 Å². The zero-order chi connectivity index (χ0) is 12.4. The highest BCUT2D eigenvalue weighted by Gasteiger charge is 2.15. The van der Waals surface area contributed by atoms with Crippen LogP contribution in [0.3, 0.4) is 0 Å². The van der Waals surface area contributed by atoms with E-state index < -0.39 is 0 Å². The third kappa shape index (κ3) is 10.6. The van der Waals surface area contributed by atoms with Crippen molar-refractivity contribution >= 4 is 7.85 Å². The van der Waals surface area contributed by atoms with Crippen LogP contribution in [0, 0.1) is 5.92 Å². The third-order valence-corrected chi connectivity index (χ3v) is 3.38. The molecular weight excluding hydrogens is 191 g/mol. The Labute approximate surface area is 105 Å². The lowest BCUT2D eigenvalue weighted by Gasteiger charge is -2.24. The summed E-state index contributed by atoms with van der Waals surface area (Å²) in [7, 11) is 6.27. The van der Waals surface area contributed by atoms with Gasteiger partial charge in [0.15, 0.2) is 0 Å². The summed E-state index contributed by atoms with van der Waals surface area (Å²) in [4.78, 5) is 0. The summed E-state index contributed by atoms with van der Waals surface area (Å²) in [5.41, 5.74) is 0. The standard InChI is InChI=1S/C15H31B/c1-5-6-12-15(4,16)13-10-8-7-9-11-14(2)3/h14H,5-13H2,1-4H3. The van der Waals surface area contributed by atoms with Crippen molar-refractivity contribution in [2.75, 3.05) is 0 Å². The smallest absolute Gasteiger partial charge is 0.0688 e. The average molecular weight is 222 g/mol. The van der Waals surface area contributed by atoms with Gasteiger partial charge in [-0.15, -0.1) is 0 Å². The van der Waals surface area contributed by atoms with E-state index in [9.17, 15) is 0 Å². The maximum atomic E-state index is 6.27. The summed E-state index contributed by atoms with van der Waals surface area (Å²) in [6.45, 7) is 9.07. The first-order chi connectivity index (χ1) is 7.48. The van der Waals surface area contributed by atoms with Crippen LogP contribution in [0.15, 0.2) is 0 Å². The second-order valence-electron chi connectivity index (χ2n) is 6.10. The first kappa shape index (κ1) is 16.1. The SMILES string of the molecule is [B]C(C)(CCCC)CCCCCCC(C)C. The molecule has 1 atom stereocenters. The Hall–Kier alpha value is 0.0649. The van der Waals surface area contributed by atoms with Crippen LogP contribution < -0.4 is 0 Å². The van der Waals surface area contributed by atoms with Crippen molar-refractivity contribution in [1.82, 2.24) is 0 Å². The van der Waals surface area contributed by atoms with Crippen molar-refractivity contribution in [2.24, 2.45) is 5.92 Å². The van der Waals surface area contributed by atoms with Crippen LogP contribution in [0.5, 0.6) is 0 Å². The molecule has 0 aromatic rings. The molecule has 0 aliphatic heterocycles. The summed E-state index contributed by atoms with van der Waals surface area (Å²) in [5, 5.41) is 0.0913. The second-order valence-corrected chi connectivity index (χ2v) is 6.10. The highest BCUT2D eigenvalue weighted by molar-refractivity contribution is 6.14. The molecule has 16 heavy (non-hydrogen) atoms. The second kappa shape index (κ2) is 9.13. The fourth-order valence-electron chi connectivity index (χ4n) is 2.14. The molecule has 0 N–H and O–H groups in total. The average Bonchev–Trinajstić information content (AvgIpc) is 2.20. The number of hydrogen-bond acceptors (Lipinski definition) is 0. The van der Waals surface area contributed by atoms with Crippen molar-refractivity contribution < 1.29 is 0 Å². The molecule has 1 heteroatoms. The number of hydrogen-bond donors (Lipinski definition) is 0. The molecule has 0 bridgehead atoms. The molecule has 0 fully saturated rings. The Bertz CT molecular complexity index is 150. The van der Waals surface area contributed by atoms with Gasteiger partial charge in [-0.1, -0.05) is 90.8 Å². The Kier molecular flexibility index (Phi) is 9.17. The van der Waals surface area contributed by atoms with Crippen molar-refractivity contribution in [3.05, 3.63) is 0 Å². The Morgan fingerprint density at radius 1 is 0.938 bits per heavy atom. The van der Waals surface area contributed by atoms with Gasteiger partial charge >= 0.3 is 0 Å². The highest BCUT2D eigenvalue weighted by Crippen LogP contribution is 2.34. The molecule has 0 saturated heterocycles. The van der Waals surface area contributed by atoms with Crippen LogP contribution in [0.4, 0.5) is 0 Å². The number of rotatable bonds is 10. The van der Waals surface area contributed by atoms with Crippen molar-refractivity contribution in [3.8, 4) is 0 Å². The van der Waals surface area contributed by atoms with Gasteiger partial charge in [0.1, 0.15) is 0 Å². The van der Waals surface area contributed by atoms with Crippen LogP contribution in [-0.4, -0.2) is 7.85 Å². The fraction of sp³-hybridized carbons (Fsp3) is 1.00. The molecule has 0 spiro atoms. The molecule has 1 unspecified atom stereocenters. The molecule has 0 aromatic heterocycles. The highest BCUT2D eigenvalue weighted by atomic mass is 14.2. The topological polar surface area (TPSA) is 0 Å². The van der Waals surface area contributed by atoms with Gasteiger partial charge in [0, 0.05) is 0 Å². The maximum absolute atomic E-state index is 6.27. The van der Waals surface area contributed by atoms with Gasteiger partial charge in [0.2, 0.25) is 0 Å². The first-order valence-corrected chi connectivity index (χ1v) is 7.27. The lowest BCUT2D eigenvalue weighted by Crippen LogP contribution is -2.07. The lowest BCUT2D eigenvalue weighted by atomic mass is 9.64. The maximum Gasteiger partial charge on any atom is 0.0742 e. The lowest BCUT2D eigenvalue weighted by molar-refractivity contribution is 0.453. The van der Waals surface area contributed by atoms with Crippen LogP contribution in [0.25, 0.3) is 0 Å². The van der Waals surface area contributed by atoms with Gasteiger partial charge in [0.25, 0.3) is 0 Å². The zero-order valence-electron chi connectivity index (χ0n) is 12.0. The molecular formula is C15H31B. The van der Waals surface area contributed by atoms with Crippen molar-refractivity contribution in [3.63, 3.8) is 0 Å². The van der Waals surface area contributed by atoms with Gasteiger partial charge in [-0.25, -0.2) is 0 Å². The molecule has 0 rings (SSSR count). The van der Waals surface area contributed by atoms with Gasteiger partial charge < -0.3 is 0 Å². The minimum Gasteiger partial charge on any atom is -0.0688 e. The van der Waals surface area contributed by atoms with Crippen LogP contribution in [0.2, 0.25) is 5.31 Å². The van der Waals surface area contributed by atoms with E-state index in [1.807, 2.05) is 0 Å². The summed E-state index contributed by atoms with van der Waals surface area (Å²) >= 11 is 0. The molecule has 0 aliphatic rings. The fourth-order valence-corrected chi connectivity index (χ4v) is 2.14. The van der Waals surface area contributed by atoms with Gasteiger partial charge in [0.05, 0.1) is 7.85 Å². The summed E-state index contributed by atoms with van der Waals surface area (Å²) in [6.07, 6.45) is 11.8. The monoisotopic (exact) mass is 222 g/mol. The van der Waals surface area contributed by atoms with Gasteiger partial charge in [-0.3, -0.25) is 0 Å². The molecule has 94 valence electrons. The summed E-state index contributed by atoms with van der Waals surface area (Å²) in [6, 6.07) is 0. The van der Waals surface area contributed by atoms with Gasteiger partial charge in [-0.05, 0) is 5.92 Å². The molecule has 0 amide bonds. The predicted octanol–water partition coefficient (Wildman–Crippen LogP) is 5.52. The summed E-state index contributed by atoms with van der Waals surface area (Å²) in [5.74, 6) is 0.865. The molecule has 2 radical (unpaired) electrons. The third-order valence-electron chi connectivity index (χ3n) is 3.38. The van der Waals surface area contributed by atoms with E-state index in [2.05, 4.69) is 27.7 Å². The molecule has 0 aromatic carbocycles. The Morgan fingerprint density at radius 2 is 1.50 bits per heavy atom. The summed E-state index contributed by atoms with van der Waals surface area (Å²) < 4.78 is 0. The van der Waals surface area contributed by atoms with E-state index in [0.29, 0.717) is 0 Å². The quantitative estimate of drug-likeness (QED) is 0.337. The Balaban J connectivity index is 3.35. The predicted molar refractivity (Wildman–Crippen MR) is 76.2 cm³/mol. The zero-order valence-corrected chi connectivity index (χ0v) is 12.0. The molecule has 0 nitrogen and oxygen atoms in total. The first-order valence-electron chi connectivity index (χ1n) is 7.27. The molecule has 0 saturated carbocycles. The van der Waals surface area contributed by atoms with Crippen LogP contribution in [0.1, 0.15) is 85.5 Å². The largest absolute Gasteiger partial charge is 0.0742 e. The normalized spacial score (nSPS) is 15.3. The van der Waals surface area contributed by atoms with E-state index in [1.165, 1.54) is 57.8 Å². The van der Waals surface area contributed by atoms with E-state index in [1.54, 1.807) is 0 Å². The number of unbranched alkanes of at least 4 members (excludes halogenated alkanes) is 4. The minimum absolute atomic E-state index is 0.0913. The van der Waals surface area contributed by atoms with E-state index >= 15 is 0 Å². The van der Waals surface area contributed by atoms with E-state index in [4.69, 9.17) is 7.85 Å². The van der Waals surface area contributed by atoms with Crippen LogP contribution >= 0.6 is 0 Å².